The zero-order chi connectivity index (χ0) is 7.12. The lowest BCUT2D eigenvalue weighted by molar-refractivity contribution is 0.209. The Morgan fingerprint density at radius 1 is 1.56 bits per heavy atom. The highest BCUT2D eigenvalue weighted by Crippen LogP contribution is 2.39. The highest BCUT2D eigenvalue weighted by Gasteiger charge is 2.42. The van der Waals surface area contributed by atoms with Gasteiger partial charge in [-0.2, -0.15) is 8.42 Å². The molecule has 0 aliphatic heterocycles. The summed E-state index contributed by atoms with van der Waals surface area (Å²) in [7, 11) is -3.72. The Hall–Kier alpha value is -0.130. The summed E-state index contributed by atoms with van der Waals surface area (Å²) in [5.74, 6) is 0. The number of hydrogen-bond acceptors (Lipinski definition) is 3. The van der Waals surface area contributed by atoms with Gasteiger partial charge >= 0.3 is 10.3 Å². The topological polar surface area (TPSA) is 69.4 Å². The standard InChI is InChI=1S/C4H9NO3S/c1-4(2-3-4)8-9(5,6)7/h2-3H2,1H3,(H2,5,6,7). The molecular weight excluding hydrogens is 142 g/mol. The van der Waals surface area contributed by atoms with Crippen LogP contribution in [0.25, 0.3) is 0 Å². The molecule has 1 fully saturated rings. The van der Waals surface area contributed by atoms with Crippen LogP contribution in [0, 0.1) is 0 Å². The van der Waals surface area contributed by atoms with Gasteiger partial charge in [0.2, 0.25) is 0 Å². The largest absolute Gasteiger partial charge is 0.333 e. The fourth-order valence-corrected chi connectivity index (χ4v) is 1.27. The highest BCUT2D eigenvalue weighted by atomic mass is 32.2. The van der Waals surface area contributed by atoms with Crippen LogP contribution in [-0.2, 0) is 14.5 Å². The summed E-state index contributed by atoms with van der Waals surface area (Å²) in [5.41, 5.74) is -0.479. The molecule has 0 unspecified atom stereocenters. The van der Waals surface area contributed by atoms with E-state index in [1.165, 1.54) is 0 Å². The maximum absolute atomic E-state index is 10.2. The van der Waals surface area contributed by atoms with E-state index in [4.69, 9.17) is 0 Å². The van der Waals surface area contributed by atoms with E-state index in [-0.39, 0.29) is 0 Å². The van der Waals surface area contributed by atoms with Gasteiger partial charge in [-0.15, -0.1) is 0 Å². The molecule has 5 heteroatoms. The van der Waals surface area contributed by atoms with Crippen molar-refractivity contribution in [3.63, 3.8) is 0 Å². The molecule has 0 spiro atoms. The molecule has 2 N–H and O–H groups in total. The Morgan fingerprint density at radius 2 is 2.00 bits per heavy atom. The number of hydrogen-bond donors (Lipinski definition) is 1. The maximum Gasteiger partial charge on any atom is 0.333 e. The highest BCUT2D eigenvalue weighted by molar-refractivity contribution is 7.84. The molecule has 0 atom stereocenters. The van der Waals surface area contributed by atoms with Gasteiger partial charge in [-0.05, 0) is 19.8 Å². The van der Waals surface area contributed by atoms with Crippen molar-refractivity contribution in [1.82, 2.24) is 0 Å². The minimum absolute atomic E-state index is 0.479. The summed E-state index contributed by atoms with van der Waals surface area (Å²) >= 11 is 0. The van der Waals surface area contributed by atoms with Crippen LogP contribution in [0.4, 0.5) is 0 Å². The Bertz CT molecular complexity index is 204. The average molecular weight is 151 g/mol. The zero-order valence-electron chi connectivity index (χ0n) is 5.12. The molecule has 0 aromatic carbocycles. The second-order valence-corrected chi connectivity index (χ2v) is 3.68. The van der Waals surface area contributed by atoms with E-state index in [9.17, 15) is 8.42 Å². The van der Waals surface area contributed by atoms with Gasteiger partial charge in [0.1, 0.15) is 0 Å². The third kappa shape index (κ3) is 2.30. The van der Waals surface area contributed by atoms with Crippen molar-refractivity contribution in [2.75, 3.05) is 0 Å². The molecule has 0 heterocycles. The fourth-order valence-electron chi connectivity index (χ4n) is 0.540. The molecule has 0 saturated heterocycles. The minimum atomic E-state index is -3.72. The summed E-state index contributed by atoms with van der Waals surface area (Å²) < 4.78 is 25.0. The molecule has 0 amide bonds. The SMILES string of the molecule is CC1(OS(N)(=O)=O)CC1. The first-order valence-electron chi connectivity index (χ1n) is 2.65. The Morgan fingerprint density at radius 3 is 2.11 bits per heavy atom. The molecule has 1 saturated carbocycles. The Balaban J connectivity index is 2.53. The predicted molar refractivity (Wildman–Crippen MR) is 31.8 cm³/mol. The van der Waals surface area contributed by atoms with E-state index < -0.39 is 15.9 Å². The van der Waals surface area contributed by atoms with Crippen molar-refractivity contribution in [1.29, 1.82) is 0 Å². The van der Waals surface area contributed by atoms with Crippen LogP contribution in [0.15, 0.2) is 0 Å². The molecule has 0 radical (unpaired) electrons. The quantitative estimate of drug-likeness (QED) is 0.592. The van der Waals surface area contributed by atoms with Crippen LogP contribution in [0.3, 0.4) is 0 Å². The summed E-state index contributed by atoms with van der Waals surface area (Å²) in [6, 6.07) is 0. The summed E-state index contributed by atoms with van der Waals surface area (Å²) in [4.78, 5) is 0. The Kier molecular flexibility index (Phi) is 1.30. The smallest absolute Gasteiger partial charge is 0.252 e. The monoisotopic (exact) mass is 151 g/mol. The maximum atomic E-state index is 10.2. The van der Waals surface area contributed by atoms with E-state index in [1.54, 1.807) is 6.92 Å². The van der Waals surface area contributed by atoms with Crippen molar-refractivity contribution in [3.8, 4) is 0 Å². The first kappa shape index (κ1) is 6.98. The lowest BCUT2D eigenvalue weighted by atomic mass is 10.4. The Labute approximate surface area is 54.3 Å². The van der Waals surface area contributed by atoms with Gasteiger partial charge in [0, 0.05) is 0 Å². The zero-order valence-corrected chi connectivity index (χ0v) is 5.94. The second kappa shape index (κ2) is 1.68. The molecule has 1 aliphatic rings. The first-order chi connectivity index (χ1) is 3.91. The third-order valence-corrected chi connectivity index (χ3v) is 1.91. The fraction of sp³-hybridized carbons (Fsp3) is 1.00. The average Bonchev–Trinajstić information content (AvgIpc) is 2.12. The molecule has 0 aromatic rings. The van der Waals surface area contributed by atoms with Gasteiger partial charge in [0.05, 0.1) is 5.60 Å². The minimum Gasteiger partial charge on any atom is -0.252 e. The van der Waals surface area contributed by atoms with Crippen molar-refractivity contribution >= 4 is 10.3 Å². The van der Waals surface area contributed by atoms with Crippen molar-refractivity contribution < 1.29 is 12.6 Å². The van der Waals surface area contributed by atoms with Crippen LogP contribution in [0.2, 0.25) is 0 Å². The van der Waals surface area contributed by atoms with Crippen molar-refractivity contribution in [2.24, 2.45) is 5.14 Å². The first-order valence-corrected chi connectivity index (χ1v) is 4.12. The lowest BCUT2D eigenvalue weighted by Gasteiger charge is -2.04. The van der Waals surface area contributed by atoms with E-state index in [0.717, 1.165) is 12.8 Å². The van der Waals surface area contributed by atoms with E-state index in [2.05, 4.69) is 9.32 Å². The third-order valence-electron chi connectivity index (χ3n) is 1.27. The van der Waals surface area contributed by atoms with Gasteiger partial charge in [-0.25, -0.2) is 5.14 Å². The molecule has 9 heavy (non-hydrogen) atoms. The van der Waals surface area contributed by atoms with Gasteiger partial charge in [-0.1, -0.05) is 0 Å². The van der Waals surface area contributed by atoms with Gasteiger partial charge < -0.3 is 0 Å². The summed E-state index contributed by atoms with van der Waals surface area (Å²) in [6.07, 6.45) is 1.56. The predicted octanol–water partition coefficient (Wildman–Crippen LogP) is -0.241. The van der Waals surface area contributed by atoms with E-state index in [1.807, 2.05) is 0 Å². The van der Waals surface area contributed by atoms with Crippen LogP contribution >= 0.6 is 0 Å². The molecular formula is C4H9NO3S. The molecule has 1 rings (SSSR count). The lowest BCUT2D eigenvalue weighted by Crippen LogP contribution is -2.22. The summed E-state index contributed by atoms with van der Waals surface area (Å²) in [5, 5.41) is 4.61. The normalized spacial score (nSPS) is 23.8. The molecule has 1 aliphatic carbocycles. The van der Waals surface area contributed by atoms with Crippen LogP contribution < -0.4 is 5.14 Å². The van der Waals surface area contributed by atoms with Crippen molar-refractivity contribution in [3.05, 3.63) is 0 Å². The van der Waals surface area contributed by atoms with Crippen LogP contribution in [0.5, 0.6) is 0 Å². The van der Waals surface area contributed by atoms with Gasteiger partial charge in [-0.3, -0.25) is 4.18 Å². The van der Waals surface area contributed by atoms with Crippen molar-refractivity contribution in [2.45, 2.75) is 25.4 Å². The molecule has 0 bridgehead atoms. The molecule has 4 nitrogen and oxygen atoms in total. The number of rotatable bonds is 2. The second-order valence-electron chi connectivity index (χ2n) is 2.53. The summed E-state index contributed by atoms with van der Waals surface area (Å²) in [6.45, 7) is 1.72. The van der Waals surface area contributed by atoms with Crippen LogP contribution in [0.1, 0.15) is 19.8 Å². The molecule has 54 valence electrons. The molecule has 0 aromatic heterocycles. The van der Waals surface area contributed by atoms with Gasteiger partial charge in [0.25, 0.3) is 0 Å². The number of nitrogens with two attached hydrogens (primary N) is 1. The van der Waals surface area contributed by atoms with E-state index in [0.29, 0.717) is 0 Å². The van der Waals surface area contributed by atoms with Gasteiger partial charge in [0.15, 0.2) is 0 Å². The van der Waals surface area contributed by atoms with E-state index >= 15 is 0 Å². The van der Waals surface area contributed by atoms with Crippen LogP contribution in [-0.4, -0.2) is 14.0 Å².